The first-order valence-corrected chi connectivity index (χ1v) is 8.41. The normalized spacial score (nSPS) is 10.6. The Morgan fingerprint density at radius 2 is 1.92 bits per heavy atom. The van der Waals surface area contributed by atoms with Crippen molar-refractivity contribution < 1.29 is 14.1 Å². The van der Waals surface area contributed by atoms with Gasteiger partial charge in [-0.15, -0.1) is 10.2 Å². The second kappa shape index (κ2) is 7.73. The topological polar surface area (TPSA) is 91.3 Å². The summed E-state index contributed by atoms with van der Waals surface area (Å²) in [4.78, 5) is 10.9. The van der Waals surface area contributed by atoms with Crippen LogP contribution in [0.2, 0.25) is 10.0 Å². The van der Waals surface area contributed by atoms with E-state index in [4.69, 9.17) is 32.4 Å². The lowest BCUT2D eigenvalue weighted by atomic mass is 10.3. The smallest absolute Gasteiger partial charge is 0.281 e. The summed E-state index contributed by atoms with van der Waals surface area (Å²) in [7, 11) is 0. The minimum Gasteiger partial charge on any atom is -0.482 e. The molecule has 128 valence electrons. The molecule has 1 aromatic heterocycles. The maximum Gasteiger partial charge on any atom is 0.281 e. The average Bonchev–Trinajstić information content (AvgIpc) is 3.02. The number of non-ortho nitro benzene ring substituents is 1. The molecule has 0 saturated heterocycles. The summed E-state index contributed by atoms with van der Waals surface area (Å²) >= 11 is 13.0. The number of hydrogen-bond donors (Lipinski definition) is 0. The summed E-state index contributed by atoms with van der Waals surface area (Å²) in [5, 5.41) is 19.6. The van der Waals surface area contributed by atoms with Crippen LogP contribution >= 0.6 is 35.0 Å². The van der Waals surface area contributed by atoms with Crippen molar-refractivity contribution >= 4 is 40.7 Å². The molecule has 0 atom stereocenters. The van der Waals surface area contributed by atoms with E-state index in [1.165, 1.54) is 23.9 Å². The number of nitro benzene ring substituents is 1. The van der Waals surface area contributed by atoms with E-state index in [-0.39, 0.29) is 18.2 Å². The first-order valence-electron chi connectivity index (χ1n) is 6.84. The molecule has 7 nitrogen and oxygen atoms in total. The third-order valence-corrected chi connectivity index (χ3v) is 4.32. The van der Waals surface area contributed by atoms with Gasteiger partial charge in [0.05, 0.1) is 9.95 Å². The second-order valence-electron chi connectivity index (χ2n) is 4.68. The van der Waals surface area contributed by atoms with E-state index in [0.29, 0.717) is 21.0 Å². The highest BCUT2D eigenvalue weighted by Crippen LogP contribution is 2.30. The third-order valence-electron chi connectivity index (χ3n) is 2.95. The van der Waals surface area contributed by atoms with Crippen LogP contribution in [0, 0.1) is 10.1 Å². The summed E-state index contributed by atoms with van der Waals surface area (Å²) in [6.07, 6.45) is 0. The van der Waals surface area contributed by atoms with Crippen molar-refractivity contribution in [3.8, 4) is 5.75 Å². The van der Waals surface area contributed by atoms with E-state index in [1.807, 2.05) is 0 Å². The molecular weight excluding hydrogens is 389 g/mol. The second-order valence-corrected chi connectivity index (χ2v) is 6.55. The van der Waals surface area contributed by atoms with Crippen LogP contribution in [0.4, 0.5) is 5.69 Å². The highest BCUT2D eigenvalue weighted by Gasteiger charge is 2.11. The van der Waals surface area contributed by atoms with Crippen LogP contribution in [0.1, 0.15) is 5.89 Å². The number of nitrogens with zero attached hydrogens (tertiary/aromatic N) is 3. The van der Waals surface area contributed by atoms with Crippen LogP contribution in [0.15, 0.2) is 57.0 Å². The summed E-state index contributed by atoms with van der Waals surface area (Å²) < 4.78 is 11.0. The van der Waals surface area contributed by atoms with Crippen molar-refractivity contribution in [1.29, 1.82) is 0 Å². The Hall–Kier alpha value is -2.29. The molecule has 0 amide bonds. The van der Waals surface area contributed by atoms with E-state index in [2.05, 4.69) is 10.2 Å². The Kier molecular flexibility index (Phi) is 5.42. The zero-order chi connectivity index (χ0) is 17.8. The Labute approximate surface area is 156 Å². The zero-order valence-electron chi connectivity index (χ0n) is 12.4. The molecule has 0 aliphatic carbocycles. The molecule has 0 spiro atoms. The molecule has 3 aromatic rings. The predicted molar refractivity (Wildman–Crippen MR) is 92.3 cm³/mol. The number of hydrogen-bond acceptors (Lipinski definition) is 7. The van der Waals surface area contributed by atoms with Crippen molar-refractivity contribution in [2.24, 2.45) is 0 Å². The molecule has 3 rings (SSSR count). The van der Waals surface area contributed by atoms with Gasteiger partial charge in [-0.1, -0.05) is 23.2 Å². The molecule has 0 fully saturated rings. The van der Waals surface area contributed by atoms with Crippen molar-refractivity contribution in [3.63, 3.8) is 0 Å². The maximum atomic E-state index is 10.6. The minimum atomic E-state index is -0.460. The number of benzene rings is 2. The highest BCUT2D eigenvalue weighted by atomic mass is 35.5. The van der Waals surface area contributed by atoms with Crippen LogP contribution in [0.25, 0.3) is 0 Å². The lowest BCUT2D eigenvalue weighted by Gasteiger charge is -2.05. The summed E-state index contributed by atoms with van der Waals surface area (Å²) in [5.74, 6) is 0.726. The van der Waals surface area contributed by atoms with Gasteiger partial charge in [-0.05, 0) is 42.1 Å². The monoisotopic (exact) mass is 397 g/mol. The number of ether oxygens (including phenoxy) is 1. The lowest BCUT2D eigenvalue weighted by molar-refractivity contribution is -0.384. The van der Waals surface area contributed by atoms with Crippen molar-refractivity contribution in [1.82, 2.24) is 10.2 Å². The molecule has 10 heteroatoms. The van der Waals surface area contributed by atoms with Gasteiger partial charge >= 0.3 is 0 Å². The van der Waals surface area contributed by atoms with Gasteiger partial charge in [-0.25, -0.2) is 0 Å². The van der Waals surface area contributed by atoms with E-state index in [1.54, 1.807) is 30.3 Å². The molecule has 0 bridgehead atoms. The SMILES string of the molecule is O=[N+]([O-])c1ccc(Sc2nnc(COc3ccc(Cl)cc3Cl)o2)cc1. The largest absolute Gasteiger partial charge is 0.482 e. The van der Waals surface area contributed by atoms with Crippen molar-refractivity contribution in [2.45, 2.75) is 16.7 Å². The van der Waals surface area contributed by atoms with E-state index < -0.39 is 4.92 Å². The molecule has 0 radical (unpaired) electrons. The van der Waals surface area contributed by atoms with Gasteiger partial charge in [0.15, 0.2) is 6.61 Å². The zero-order valence-corrected chi connectivity index (χ0v) is 14.7. The van der Waals surface area contributed by atoms with E-state index >= 15 is 0 Å². The Balaban J connectivity index is 1.61. The molecule has 25 heavy (non-hydrogen) atoms. The standard InChI is InChI=1S/C15H9Cl2N3O4S/c16-9-1-6-13(12(17)7-9)23-8-14-18-19-15(24-14)25-11-4-2-10(3-5-11)20(21)22/h1-7H,8H2. The van der Waals surface area contributed by atoms with Crippen LogP contribution in [-0.4, -0.2) is 15.1 Å². The van der Waals surface area contributed by atoms with Gasteiger partial charge in [0.2, 0.25) is 0 Å². The molecule has 0 N–H and O–H groups in total. The molecule has 0 aliphatic rings. The number of halogens is 2. The highest BCUT2D eigenvalue weighted by molar-refractivity contribution is 7.99. The molecule has 0 saturated carbocycles. The van der Waals surface area contributed by atoms with E-state index in [9.17, 15) is 10.1 Å². The molecule has 2 aromatic carbocycles. The van der Waals surface area contributed by atoms with Gasteiger partial charge in [0, 0.05) is 22.1 Å². The number of aromatic nitrogens is 2. The minimum absolute atomic E-state index is 0.0174. The van der Waals surface area contributed by atoms with Crippen molar-refractivity contribution in [3.05, 3.63) is 68.5 Å². The molecule has 0 aliphatic heterocycles. The Morgan fingerprint density at radius 3 is 2.60 bits per heavy atom. The fourth-order valence-corrected chi connectivity index (χ4v) is 2.96. The fraction of sp³-hybridized carbons (Fsp3) is 0.0667. The van der Waals surface area contributed by atoms with Gasteiger partial charge < -0.3 is 9.15 Å². The maximum absolute atomic E-state index is 10.6. The molecular formula is C15H9Cl2N3O4S. The summed E-state index contributed by atoms with van der Waals surface area (Å²) in [5.41, 5.74) is 0.0174. The van der Waals surface area contributed by atoms with Gasteiger partial charge in [0.25, 0.3) is 16.8 Å². The number of nitro groups is 1. The van der Waals surface area contributed by atoms with Crippen LogP contribution < -0.4 is 4.74 Å². The third kappa shape index (κ3) is 4.62. The van der Waals surface area contributed by atoms with Gasteiger partial charge in [-0.2, -0.15) is 0 Å². The van der Waals surface area contributed by atoms with Gasteiger partial charge in [0.1, 0.15) is 5.75 Å². The van der Waals surface area contributed by atoms with Crippen LogP contribution in [0.3, 0.4) is 0 Å². The molecule has 1 heterocycles. The predicted octanol–water partition coefficient (Wildman–Crippen LogP) is 5.01. The molecule has 0 unspecified atom stereocenters. The lowest BCUT2D eigenvalue weighted by Crippen LogP contribution is -1.96. The first kappa shape index (κ1) is 17.5. The van der Waals surface area contributed by atoms with Crippen LogP contribution in [0.5, 0.6) is 5.75 Å². The Morgan fingerprint density at radius 1 is 1.16 bits per heavy atom. The fourth-order valence-electron chi connectivity index (χ4n) is 1.81. The quantitative estimate of drug-likeness (QED) is 0.426. The summed E-state index contributed by atoms with van der Waals surface area (Å²) in [6.45, 7) is 0.0508. The first-order chi connectivity index (χ1) is 12.0. The number of rotatable bonds is 6. The Bertz CT molecular complexity index is 902. The van der Waals surface area contributed by atoms with E-state index in [0.717, 1.165) is 4.90 Å². The summed E-state index contributed by atoms with van der Waals surface area (Å²) in [6, 6.07) is 10.9. The average molecular weight is 398 g/mol. The van der Waals surface area contributed by atoms with Crippen LogP contribution in [-0.2, 0) is 6.61 Å². The van der Waals surface area contributed by atoms with Gasteiger partial charge in [-0.3, -0.25) is 10.1 Å². The van der Waals surface area contributed by atoms with Crippen molar-refractivity contribution in [2.75, 3.05) is 0 Å².